The van der Waals surface area contributed by atoms with E-state index in [4.69, 9.17) is 0 Å². The molecular formula is C12H21N3. The van der Waals surface area contributed by atoms with Crippen molar-refractivity contribution in [3.05, 3.63) is 23.8 Å². The molecule has 1 aromatic rings. The summed E-state index contributed by atoms with van der Waals surface area (Å²) in [5.41, 5.74) is 1.16. The minimum absolute atomic E-state index is 0.685. The summed E-state index contributed by atoms with van der Waals surface area (Å²) in [6.07, 6.45) is 5.92. The standard InChI is InChI=1S/C12H21N3/c1-4-5-12-14-8-11(9-15-12)7-13-6-10(2)3/h8-10,13H,4-7H2,1-3H3. The van der Waals surface area contributed by atoms with E-state index in [9.17, 15) is 0 Å². The van der Waals surface area contributed by atoms with Crippen molar-refractivity contribution in [3.8, 4) is 0 Å². The molecular weight excluding hydrogens is 186 g/mol. The third-order valence-corrected chi connectivity index (χ3v) is 2.11. The highest BCUT2D eigenvalue weighted by atomic mass is 14.9. The van der Waals surface area contributed by atoms with Crippen molar-refractivity contribution in [2.24, 2.45) is 5.92 Å². The zero-order chi connectivity index (χ0) is 11.1. The second-order valence-electron chi connectivity index (χ2n) is 4.28. The van der Waals surface area contributed by atoms with Crippen LogP contribution in [0.2, 0.25) is 0 Å². The molecule has 1 aromatic heterocycles. The van der Waals surface area contributed by atoms with Crippen molar-refractivity contribution in [3.63, 3.8) is 0 Å². The summed E-state index contributed by atoms with van der Waals surface area (Å²) in [6.45, 7) is 8.45. The Morgan fingerprint density at radius 3 is 2.47 bits per heavy atom. The van der Waals surface area contributed by atoms with Crippen molar-refractivity contribution in [1.82, 2.24) is 15.3 Å². The molecule has 0 unspecified atom stereocenters. The molecule has 1 heterocycles. The molecule has 0 atom stereocenters. The van der Waals surface area contributed by atoms with Gasteiger partial charge in [0.05, 0.1) is 0 Å². The number of aromatic nitrogens is 2. The van der Waals surface area contributed by atoms with Gasteiger partial charge in [0.15, 0.2) is 0 Å². The molecule has 15 heavy (non-hydrogen) atoms. The van der Waals surface area contributed by atoms with Crippen LogP contribution in [0.25, 0.3) is 0 Å². The van der Waals surface area contributed by atoms with Gasteiger partial charge in [-0.1, -0.05) is 20.8 Å². The molecule has 0 amide bonds. The zero-order valence-electron chi connectivity index (χ0n) is 9.95. The zero-order valence-corrected chi connectivity index (χ0v) is 9.95. The molecule has 0 aliphatic carbocycles. The fraction of sp³-hybridized carbons (Fsp3) is 0.667. The summed E-state index contributed by atoms with van der Waals surface area (Å²) in [7, 11) is 0. The van der Waals surface area contributed by atoms with E-state index >= 15 is 0 Å². The van der Waals surface area contributed by atoms with Crippen LogP contribution in [0.5, 0.6) is 0 Å². The molecule has 0 aromatic carbocycles. The lowest BCUT2D eigenvalue weighted by atomic mass is 10.2. The molecule has 0 bridgehead atoms. The van der Waals surface area contributed by atoms with E-state index in [0.29, 0.717) is 5.92 Å². The van der Waals surface area contributed by atoms with Crippen LogP contribution in [-0.4, -0.2) is 16.5 Å². The predicted molar refractivity (Wildman–Crippen MR) is 62.6 cm³/mol. The molecule has 0 saturated heterocycles. The Morgan fingerprint density at radius 2 is 1.93 bits per heavy atom. The maximum absolute atomic E-state index is 4.32. The highest BCUT2D eigenvalue weighted by Gasteiger charge is 1.97. The average Bonchev–Trinajstić information content (AvgIpc) is 2.20. The minimum Gasteiger partial charge on any atom is -0.312 e. The largest absolute Gasteiger partial charge is 0.312 e. The Hall–Kier alpha value is -0.960. The Bertz CT molecular complexity index is 267. The molecule has 3 heteroatoms. The van der Waals surface area contributed by atoms with Gasteiger partial charge < -0.3 is 5.32 Å². The van der Waals surface area contributed by atoms with Crippen molar-refractivity contribution < 1.29 is 0 Å². The Labute approximate surface area is 92.3 Å². The van der Waals surface area contributed by atoms with E-state index < -0.39 is 0 Å². The van der Waals surface area contributed by atoms with Gasteiger partial charge in [-0.3, -0.25) is 0 Å². The van der Waals surface area contributed by atoms with Crippen LogP contribution in [0.4, 0.5) is 0 Å². The van der Waals surface area contributed by atoms with E-state index in [0.717, 1.165) is 37.3 Å². The number of hydrogen-bond donors (Lipinski definition) is 1. The lowest BCUT2D eigenvalue weighted by Gasteiger charge is -2.07. The maximum atomic E-state index is 4.32. The SMILES string of the molecule is CCCc1ncc(CNCC(C)C)cn1. The van der Waals surface area contributed by atoms with Crippen LogP contribution in [0.15, 0.2) is 12.4 Å². The highest BCUT2D eigenvalue weighted by Crippen LogP contribution is 1.99. The van der Waals surface area contributed by atoms with E-state index in [2.05, 4.69) is 36.1 Å². The number of nitrogens with zero attached hydrogens (tertiary/aromatic N) is 2. The van der Waals surface area contributed by atoms with Gasteiger partial charge >= 0.3 is 0 Å². The molecule has 1 N–H and O–H groups in total. The fourth-order valence-corrected chi connectivity index (χ4v) is 1.33. The van der Waals surface area contributed by atoms with Gasteiger partial charge in [-0.2, -0.15) is 0 Å². The maximum Gasteiger partial charge on any atom is 0.128 e. The van der Waals surface area contributed by atoms with E-state index in [1.54, 1.807) is 0 Å². The Kier molecular flexibility index (Phi) is 5.26. The van der Waals surface area contributed by atoms with E-state index in [-0.39, 0.29) is 0 Å². The van der Waals surface area contributed by atoms with Gasteiger partial charge in [0.1, 0.15) is 5.82 Å². The molecule has 3 nitrogen and oxygen atoms in total. The molecule has 1 rings (SSSR count). The van der Waals surface area contributed by atoms with Crippen LogP contribution >= 0.6 is 0 Å². The number of aryl methyl sites for hydroxylation is 1. The molecule has 0 radical (unpaired) electrons. The first-order valence-electron chi connectivity index (χ1n) is 5.73. The minimum atomic E-state index is 0.685. The smallest absolute Gasteiger partial charge is 0.128 e. The summed E-state index contributed by atoms with van der Waals surface area (Å²) < 4.78 is 0. The van der Waals surface area contributed by atoms with Crippen molar-refractivity contribution in [1.29, 1.82) is 0 Å². The van der Waals surface area contributed by atoms with Gasteiger partial charge in [-0.05, 0) is 18.9 Å². The third-order valence-electron chi connectivity index (χ3n) is 2.11. The topological polar surface area (TPSA) is 37.8 Å². The predicted octanol–water partition coefficient (Wildman–Crippen LogP) is 2.17. The summed E-state index contributed by atoms with van der Waals surface area (Å²) in [5.74, 6) is 1.63. The third kappa shape index (κ3) is 4.88. The number of rotatable bonds is 6. The van der Waals surface area contributed by atoms with Crippen LogP contribution in [0, 0.1) is 5.92 Å². The quantitative estimate of drug-likeness (QED) is 0.777. The Morgan fingerprint density at radius 1 is 1.27 bits per heavy atom. The highest BCUT2D eigenvalue weighted by molar-refractivity contribution is 5.04. The lowest BCUT2D eigenvalue weighted by molar-refractivity contribution is 0.551. The van der Waals surface area contributed by atoms with E-state index in [1.165, 1.54) is 0 Å². The molecule has 0 aliphatic heterocycles. The molecule has 0 aliphatic rings. The number of nitrogens with one attached hydrogen (secondary N) is 1. The number of hydrogen-bond acceptors (Lipinski definition) is 3. The van der Waals surface area contributed by atoms with Gasteiger partial charge in [0.2, 0.25) is 0 Å². The Balaban J connectivity index is 2.36. The summed E-state index contributed by atoms with van der Waals surface area (Å²) in [4.78, 5) is 8.63. The second-order valence-corrected chi connectivity index (χ2v) is 4.28. The summed E-state index contributed by atoms with van der Waals surface area (Å²) in [6, 6.07) is 0. The normalized spacial score (nSPS) is 10.9. The van der Waals surface area contributed by atoms with Crippen molar-refractivity contribution in [2.45, 2.75) is 40.2 Å². The van der Waals surface area contributed by atoms with Crippen LogP contribution < -0.4 is 5.32 Å². The van der Waals surface area contributed by atoms with Gasteiger partial charge in [0.25, 0.3) is 0 Å². The van der Waals surface area contributed by atoms with Crippen LogP contribution in [-0.2, 0) is 13.0 Å². The van der Waals surface area contributed by atoms with Gasteiger partial charge in [-0.25, -0.2) is 9.97 Å². The molecule has 0 saturated carbocycles. The molecule has 84 valence electrons. The first-order valence-corrected chi connectivity index (χ1v) is 5.73. The first-order chi connectivity index (χ1) is 7.22. The summed E-state index contributed by atoms with van der Waals surface area (Å²) >= 11 is 0. The van der Waals surface area contributed by atoms with E-state index in [1.807, 2.05) is 12.4 Å². The van der Waals surface area contributed by atoms with Crippen LogP contribution in [0.1, 0.15) is 38.6 Å². The fourth-order valence-electron chi connectivity index (χ4n) is 1.33. The second kappa shape index (κ2) is 6.51. The molecule has 0 fully saturated rings. The van der Waals surface area contributed by atoms with Gasteiger partial charge in [0, 0.05) is 30.9 Å². The monoisotopic (exact) mass is 207 g/mol. The first kappa shape index (κ1) is 12.1. The average molecular weight is 207 g/mol. The lowest BCUT2D eigenvalue weighted by Crippen LogP contribution is -2.19. The summed E-state index contributed by atoms with van der Waals surface area (Å²) in [5, 5.41) is 3.37. The van der Waals surface area contributed by atoms with Crippen LogP contribution in [0.3, 0.4) is 0 Å². The van der Waals surface area contributed by atoms with Crippen molar-refractivity contribution in [2.75, 3.05) is 6.54 Å². The molecule has 0 spiro atoms. The van der Waals surface area contributed by atoms with Gasteiger partial charge in [-0.15, -0.1) is 0 Å². The van der Waals surface area contributed by atoms with Crippen molar-refractivity contribution >= 4 is 0 Å².